The molecule has 5 atom stereocenters. The maximum atomic E-state index is 11.1. The minimum Gasteiger partial charge on any atom is -0.469 e. The lowest BCUT2D eigenvalue weighted by Crippen LogP contribution is -2.16. The second kappa shape index (κ2) is 13.7. The molecule has 1 saturated carbocycles. The molecule has 1 aliphatic carbocycles. The summed E-state index contributed by atoms with van der Waals surface area (Å²) < 4.78 is 4.65. The number of rotatable bonds is 12. The number of carbonyl (C=O) groups excluding carboxylic acids is 1. The number of aliphatic hydroxyl groups is 1. The summed E-state index contributed by atoms with van der Waals surface area (Å²) >= 11 is 9.51. The van der Waals surface area contributed by atoms with Gasteiger partial charge in [-0.25, -0.2) is 0 Å². The Morgan fingerprint density at radius 2 is 2.00 bits per heavy atom. The molecule has 5 heteroatoms. The first-order valence-electron chi connectivity index (χ1n) is 9.93. The predicted octanol–water partition coefficient (Wildman–Crippen LogP) is 5.01. The number of hydrogen-bond donors (Lipinski definition) is 3. The van der Waals surface area contributed by atoms with Gasteiger partial charge in [0.2, 0.25) is 0 Å². The van der Waals surface area contributed by atoms with E-state index in [9.17, 15) is 9.90 Å². The van der Waals surface area contributed by atoms with Gasteiger partial charge in [-0.15, -0.1) is 0 Å². The van der Waals surface area contributed by atoms with Crippen LogP contribution in [-0.2, 0) is 9.53 Å². The largest absolute Gasteiger partial charge is 0.469 e. The van der Waals surface area contributed by atoms with Crippen molar-refractivity contribution in [2.24, 2.45) is 11.8 Å². The van der Waals surface area contributed by atoms with Gasteiger partial charge in [0, 0.05) is 16.9 Å². The SMILES string of the molecule is CCCCC[C@H](O)/C=C/[C@@H]1[C@@H](C/C=C\CCCC(=O)OC)[C@H](S)C[C@@H]1S. The quantitative estimate of drug-likeness (QED) is 0.187. The minimum absolute atomic E-state index is 0.148. The number of ether oxygens (including phenoxy) is 1. The van der Waals surface area contributed by atoms with Crippen LogP contribution in [0.1, 0.15) is 64.7 Å². The van der Waals surface area contributed by atoms with Crippen molar-refractivity contribution in [3.63, 3.8) is 0 Å². The van der Waals surface area contributed by atoms with Gasteiger partial charge in [-0.05, 0) is 43.9 Å². The number of allylic oxidation sites excluding steroid dienone is 3. The van der Waals surface area contributed by atoms with Crippen LogP contribution in [0.2, 0.25) is 0 Å². The van der Waals surface area contributed by atoms with E-state index < -0.39 is 0 Å². The van der Waals surface area contributed by atoms with Gasteiger partial charge >= 0.3 is 5.97 Å². The Kier molecular flexibility index (Phi) is 12.5. The highest BCUT2D eigenvalue weighted by atomic mass is 32.1. The van der Waals surface area contributed by atoms with Crippen LogP contribution in [0.5, 0.6) is 0 Å². The second-order valence-electron chi connectivity index (χ2n) is 7.24. The second-order valence-corrected chi connectivity index (χ2v) is 8.56. The Bertz CT molecular complexity index is 451. The molecule has 1 aliphatic rings. The van der Waals surface area contributed by atoms with E-state index in [0.29, 0.717) is 28.8 Å². The zero-order chi connectivity index (χ0) is 19.4. The number of methoxy groups -OCH3 is 1. The van der Waals surface area contributed by atoms with Gasteiger partial charge in [0.15, 0.2) is 0 Å². The van der Waals surface area contributed by atoms with Crippen molar-refractivity contribution in [3.8, 4) is 0 Å². The molecule has 150 valence electrons. The zero-order valence-electron chi connectivity index (χ0n) is 16.2. The fraction of sp³-hybridized carbons (Fsp3) is 0.762. The normalized spacial score (nSPS) is 27.4. The summed E-state index contributed by atoms with van der Waals surface area (Å²) in [5.41, 5.74) is 0. The first-order valence-corrected chi connectivity index (χ1v) is 11.0. The summed E-state index contributed by atoms with van der Waals surface area (Å²) in [6.07, 6.45) is 16.5. The van der Waals surface area contributed by atoms with E-state index >= 15 is 0 Å². The molecule has 0 heterocycles. The van der Waals surface area contributed by atoms with Crippen molar-refractivity contribution in [1.29, 1.82) is 0 Å². The molecule has 0 spiro atoms. The van der Waals surface area contributed by atoms with Crippen LogP contribution < -0.4 is 0 Å². The number of hydrogen-bond acceptors (Lipinski definition) is 5. The smallest absolute Gasteiger partial charge is 0.305 e. The average Bonchev–Trinajstić information content (AvgIpc) is 2.89. The first kappa shape index (κ1) is 23.6. The van der Waals surface area contributed by atoms with Crippen molar-refractivity contribution < 1.29 is 14.6 Å². The molecule has 0 aromatic rings. The highest BCUT2D eigenvalue weighted by Gasteiger charge is 2.37. The highest BCUT2D eigenvalue weighted by Crippen LogP contribution is 2.41. The summed E-state index contributed by atoms with van der Waals surface area (Å²) in [6.45, 7) is 2.17. The van der Waals surface area contributed by atoms with E-state index in [-0.39, 0.29) is 12.1 Å². The summed E-state index contributed by atoms with van der Waals surface area (Å²) in [5.74, 6) is 0.642. The van der Waals surface area contributed by atoms with Crippen molar-refractivity contribution in [1.82, 2.24) is 0 Å². The van der Waals surface area contributed by atoms with E-state index in [2.05, 4.69) is 29.9 Å². The Labute approximate surface area is 170 Å². The molecule has 0 saturated heterocycles. The molecule has 0 amide bonds. The molecule has 1 fully saturated rings. The molecule has 0 aliphatic heterocycles. The number of esters is 1. The molecule has 0 radical (unpaired) electrons. The van der Waals surface area contributed by atoms with Crippen LogP contribution in [0.15, 0.2) is 24.3 Å². The van der Waals surface area contributed by atoms with Crippen LogP contribution in [0.3, 0.4) is 0 Å². The molecule has 0 aromatic carbocycles. The van der Waals surface area contributed by atoms with Gasteiger partial charge in [-0.2, -0.15) is 25.3 Å². The van der Waals surface area contributed by atoms with Crippen LogP contribution in [0.4, 0.5) is 0 Å². The fourth-order valence-electron chi connectivity index (χ4n) is 3.50. The van der Waals surface area contributed by atoms with Crippen molar-refractivity contribution in [2.75, 3.05) is 7.11 Å². The highest BCUT2D eigenvalue weighted by molar-refractivity contribution is 7.82. The summed E-state index contributed by atoms with van der Waals surface area (Å²) in [6, 6.07) is 0. The molecular weight excluding hydrogens is 364 g/mol. The molecule has 0 unspecified atom stereocenters. The standard InChI is InChI=1S/C21H36O3S2/c1-3-4-7-10-16(22)13-14-18-17(19(25)15-20(18)26)11-8-5-6-9-12-21(23)24-2/h5,8,13-14,16-20,22,25-26H,3-4,6-7,9-12,15H2,1-2H3/b8-5-,14-13+/t16-,17+,18+,19+,20-/m0/s1. The van der Waals surface area contributed by atoms with Gasteiger partial charge in [-0.3, -0.25) is 4.79 Å². The molecule has 26 heavy (non-hydrogen) atoms. The van der Waals surface area contributed by atoms with Gasteiger partial charge in [0.05, 0.1) is 13.2 Å². The third-order valence-corrected chi connectivity index (χ3v) is 6.28. The lowest BCUT2D eigenvalue weighted by Gasteiger charge is -2.20. The van der Waals surface area contributed by atoms with Gasteiger partial charge in [0.25, 0.3) is 0 Å². The lowest BCUT2D eigenvalue weighted by atomic mass is 9.91. The maximum absolute atomic E-state index is 11.1. The maximum Gasteiger partial charge on any atom is 0.305 e. The Morgan fingerprint density at radius 3 is 2.69 bits per heavy atom. The Morgan fingerprint density at radius 1 is 1.23 bits per heavy atom. The zero-order valence-corrected chi connectivity index (χ0v) is 18.0. The van der Waals surface area contributed by atoms with E-state index in [0.717, 1.165) is 38.5 Å². The van der Waals surface area contributed by atoms with Crippen LogP contribution in [-0.4, -0.2) is 34.8 Å². The summed E-state index contributed by atoms with van der Waals surface area (Å²) in [5, 5.41) is 10.8. The summed E-state index contributed by atoms with van der Waals surface area (Å²) in [4.78, 5) is 11.1. The van der Waals surface area contributed by atoms with Crippen LogP contribution in [0.25, 0.3) is 0 Å². The van der Waals surface area contributed by atoms with Gasteiger partial charge in [0.1, 0.15) is 0 Å². The van der Waals surface area contributed by atoms with E-state index in [1.165, 1.54) is 20.0 Å². The van der Waals surface area contributed by atoms with Gasteiger partial charge < -0.3 is 9.84 Å². The van der Waals surface area contributed by atoms with E-state index in [1.807, 2.05) is 6.08 Å². The molecule has 1 N–H and O–H groups in total. The number of aliphatic hydroxyl groups excluding tert-OH is 1. The number of carbonyl (C=O) groups is 1. The predicted molar refractivity (Wildman–Crippen MR) is 116 cm³/mol. The number of unbranched alkanes of at least 4 members (excludes halogenated alkanes) is 3. The van der Waals surface area contributed by atoms with E-state index in [4.69, 9.17) is 25.3 Å². The monoisotopic (exact) mass is 400 g/mol. The third kappa shape index (κ3) is 9.01. The van der Waals surface area contributed by atoms with Crippen LogP contribution in [0, 0.1) is 11.8 Å². The molecule has 0 bridgehead atoms. The van der Waals surface area contributed by atoms with Crippen molar-refractivity contribution >= 4 is 31.2 Å². The lowest BCUT2D eigenvalue weighted by molar-refractivity contribution is -0.140. The number of thiol groups is 2. The Balaban J connectivity index is 2.44. The van der Waals surface area contributed by atoms with Crippen molar-refractivity contribution in [3.05, 3.63) is 24.3 Å². The van der Waals surface area contributed by atoms with Crippen LogP contribution >= 0.6 is 25.3 Å². The topological polar surface area (TPSA) is 46.5 Å². The molecule has 3 nitrogen and oxygen atoms in total. The molecule has 1 rings (SSSR count). The summed E-state index contributed by atoms with van der Waals surface area (Å²) in [7, 11) is 1.42. The fourth-order valence-corrected chi connectivity index (χ4v) is 4.76. The minimum atomic E-state index is -0.351. The third-order valence-electron chi connectivity index (χ3n) is 5.13. The molecular formula is C21H36O3S2. The first-order chi connectivity index (χ1) is 12.5. The average molecular weight is 401 g/mol. The molecule has 0 aromatic heterocycles. The Hall–Kier alpha value is -0.390. The van der Waals surface area contributed by atoms with Crippen molar-refractivity contribution in [2.45, 2.75) is 81.3 Å². The van der Waals surface area contributed by atoms with E-state index in [1.54, 1.807) is 0 Å². The van der Waals surface area contributed by atoms with Gasteiger partial charge in [-0.1, -0.05) is 50.5 Å².